The summed E-state index contributed by atoms with van der Waals surface area (Å²) in [4.78, 5) is 19.7. The van der Waals surface area contributed by atoms with Crippen molar-refractivity contribution in [3.8, 4) is 0 Å². The van der Waals surface area contributed by atoms with Crippen molar-refractivity contribution in [2.24, 2.45) is 0 Å². The van der Waals surface area contributed by atoms with Crippen molar-refractivity contribution in [1.82, 2.24) is 0 Å². The van der Waals surface area contributed by atoms with Gasteiger partial charge < -0.3 is 14.8 Å². The number of aliphatic hydroxyl groups is 1. The number of carbonyl (C=O) groups excluding carboxylic acids is 1. The van der Waals surface area contributed by atoms with Crippen molar-refractivity contribution in [2.45, 2.75) is 25.1 Å². The Morgan fingerprint density at radius 1 is 1.29 bits per heavy atom. The molecule has 0 aliphatic heterocycles. The molecule has 0 heterocycles. The van der Waals surface area contributed by atoms with Crippen LogP contribution in [-0.4, -0.2) is 28.3 Å². The zero-order chi connectivity index (χ0) is 12.7. The first-order valence-corrected chi connectivity index (χ1v) is 7.45. The van der Waals surface area contributed by atoms with Crippen molar-refractivity contribution in [3.63, 3.8) is 0 Å². The second-order valence-corrected chi connectivity index (χ2v) is 6.51. The summed E-state index contributed by atoms with van der Waals surface area (Å²) in [6.07, 6.45) is 1.44. The Hall–Kier alpha value is -0.960. The van der Waals surface area contributed by atoms with Crippen LogP contribution in [0.25, 0.3) is 0 Å². The number of aliphatic hydroxyl groups excluding tert-OH is 1. The summed E-state index contributed by atoms with van der Waals surface area (Å²) in [6, 6.07) is 9.63. The molecule has 0 aliphatic carbocycles. The number of aryl methyl sites for hydroxylation is 1. The molecular formula is C12H17O4P. The van der Waals surface area contributed by atoms with Gasteiger partial charge >= 0.3 is 0 Å². The predicted octanol–water partition coefficient (Wildman–Crippen LogP) is 1.80. The summed E-state index contributed by atoms with van der Waals surface area (Å²) in [5.41, 5.74) is 1.09. The standard InChI is InChI=1S/C12H17O4P/c13-9-8-12(14)17(15,16)10-4-7-11-5-2-1-3-6-11/h1-3,5-6,9,12,14H,4,7-8,10H2,(H,15,16). The molecule has 4 nitrogen and oxygen atoms in total. The van der Waals surface area contributed by atoms with Gasteiger partial charge in [0.15, 0.2) is 0 Å². The fraction of sp³-hybridized carbons (Fsp3) is 0.417. The predicted molar refractivity (Wildman–Crippen MR) is 66.1 cm³/mol. The molecule has 0 amide bonds. The lowest BCUT2D eigenvalue weighted by Gasteiger charge is -2.15. The second-order valence-electron chi connectivity index (χ2n) is 3.95. The van der Waals surface area contributed by atoms with Gasteiger partial charge in [0.25, 0.3) is 0 Å². The Bertz CT molecular complexity index is 391. The quantitative estimate of drug-likeness (QED) is 0.576. The molecule has 1 aromatic carbocycles. The molecule has 0 fully saturated rings. The Balaban J connectivity index is 2.40. The first-order valence-electron chi connectivity index (χ1n) is 5.53. The van der Waals surface area contributed by atoms with Crippen molar-refractivity contribution >= 4 is 13.7 Å². The van der Waals surface area contributed by atoms with Crippen molar-refractivity contribution < 1.29 is 19.4 Å². The molecule has 2 N–H and O–H groups in total. The number of aldehydes is 1. The highest BCUT2D eigenvalue weighted by Crippen LogP contribution is 2.46. The van der Waals surface area contributed by atoms with Crippen LogP contribution in [0.15, 0.2) is 30.3 Å². The van der Waals surface area contributed by atoms with Crippen LogP contribution in [-0.2, 0) is 15.8 Å². The van der Waals surface area contributed by atoms with Gasteiger partial charge in [0.1, 0.15) is 12.1 Å². The van der Waals surface area contributed by atoms with Crippen molar-refractivity contribution in [3.05, 3.63) is 35.9 Å². The molecule has 0 aromatic heterocycles. The largest absolute Gasteiger partial charge is 0.383 e. The van der Waals surface area contributed by atoms with E-state index in [-0.39, 0.29) is 12.6 Å². The molecule has 0 saturated carbocycles. The fourth-order valence-electron chi connectivity index (χ4n) is 1.55. The van der Waals surface area contributed by atoms with Gasteiger partial charge in [-0.25, -0.2) is 0 Å². The van der Waals surface area contributed by atoms with Crippen LogP contribution < -0.4 is 0 Å². The van der Waals surface area contributed by atoms with E-state index >= 15 is 0 Å². The van der Waals surface area contributed by atoms with Crippen LogP contribution in [0, 0.1) is 0 Å². The zero-order valence-electron chi connectivity index (χ0n) is 9.53. The maximum atomic E-state index is 11.6. The highest BCUT2D eigenvalue weighted by atomic mass is 31.2. The molecule has 17 heavy (non-hydrogen) atoms. The van der Waals surface area contributed by atoms with E-state index in [0.717, 1.165) is 5.56 Å². The molecule has 2 unspecified atom stereocenters. The number of carbonyl (C=O) groups is 1. The minimum Gasteiger partial charge on any atom is -0.383 e. The summed E-state index contributed by atoms with van der Waals surface area (Å²) in [7, 11) is -3.61. The van der Waals surface area contributed by atoms with Gasteiger partial charge in [0, 0.05) is 12.6 Å². The lowest BCUT2D eigenvalue weighted by Crippen LogP contribution is -2.11. The Morgan fingerprint density at radius 3 is 2.53 bits per heavy atom. The molecule has 0 spiro atoms. The van der Waals surface area contributed by atoms with E-state index in [1.807, 2.05) is 30.3 Å². The van der Waals surface area contributed by atoms with E-state index in [1.54, 1.807) is 0 Å². The van der Waals surface area contributed by atoms with Gasteiger partial charge in [-0.3, -0.25) is 4.57 Å². The van der Waals surface area contributed by atoms with Crippen LogP contribution in [0.5, 0.6) is 0 Å². The maximum Gasteiger partial charge on any atom is 0.228 e. The van der Waals surface area contributed by atoms with E-state index < -0.39 is 13.2 Å². The van der Waals surface area contributed by atoms with Crippen LogP contribution in [0.1, 0.15) is 18.4 Å². The minimum absolute atomic E-state index is 0.0386. The van der Waals surface area contributed by atoms with Crippen molar-refractivity contribution in [2.75, 3.05) is 6.16 Å². The molecule has 1 rings (SSSR count). The normalized spacial score (nSPS) is 16.1. The van der Waals surface area contributed by atoms with Crippen LogP contribution in [0.2, 0.25) is 0 Å². The van der Waals surface area contributed by atoms with E-state index in [2.05, 4.69) is 0 Å². The smallest absolute Gasteiger partial charge is 0.228 e. The van der Waals surface area contributed by atoms with Gasteiger partial charge in [0.05, 0.1) is 0 Å². The number of hydrogen-bond donors (Lipinski definition) is 2. The van der Waals surface area contributed by atoms with Gasteiger partial charge in [-0.15, -0.1) is 0 Å². The molecule has 2 atom stereocenters. The van der Waals surface area contributed by atoms with E-state index in [9.17, 15) is 19.4 Å². The molecule has 0 bridgehead atoms. The Kier molecular flexibility index (Phi) is 5.56. The number of rotatable bonds is 7. The monoisotopic (exact) mass is 256 g/mol. The average Bonchev–Trinajstić information content (AvgIpc) is 2.30. The molecule has 0 saturated heterocycles. The maximum absolute atomic E-state index is 11.6. The van der Waals surface area contributed by atoms with Gasteiger partial charge in [-0.1, -0.05) is 30.3 Å². The van der Waals surface area contributed by atoms with Crippen molar-refractivity contribution in [1.29, 1.82) is 0 Å². The minimum atomic E-state index is -3.61. The summed E-state index contributed by atoms with van der Waals surface area (Å²) in [5, 5.41) is 9.33. The Morgan fingerprint density at radius 2 is 1.94 bits per heavy atom. The third kappa shape index (κ3) is 4.82. The summed E-state index contributed by atoms with van der Waals surface area (Å²) in [5.74, 6) is -1.42. The number of hydrogen-bond acceptors (Lipinski definition) is 3. The number of benzene rings is 1. The highest BCUT2D eigenvalue weighted by molar-refractivity contribution is 7.58. The highest BCUT2D eigenvalue weighted by Gasteiger charge is 2.27. The summed E-state index contributed by atoms with van der Waals surface area (Å²) >= 11 is 0. The average molecular weight is 256 g/mol. The molecule has 1 aromatic rings. The fourth-order valence-corrected chi connectivity index (χ4v) is 2.88. The first kappa shape index (κ1) is 14.1. The molecular weight excluding hydrogens is 239 g/mol. The summed E-state index contributed by atoms with van der Waals surface area (Å²) < 4.78 is 11.6. The van der Waals surface area contributed by atoms with E-state index in [0.29, 0.717) is 19.1 Å². The van der Waals surface area contributed by atoms with Crippen LogP contribution in [0.3, 0.4) is 0 Å². The third-order valence-corrected chi connectivity index (χ3v) is 4.66. The lowest BCUT2D eigenvalue weighted by atomic mass is 10.1. The topological polar surface area (TPSA) is 74.6 Å². The van der Waals surface area contributed by atoms with Gasteiger partial charge in [0.2, 0.25) is 7.37 Å². The molecule has 0 radical (unpaired) electrons. The molecule has 5 heteroatoms. The second kappa shape index (κ2) is 6.70. The Labute approximate surface area is 101 Å². The summed E-state index contributed by atoms with van der Waals surface area (Å²) in [6.45, 7) is 0. The van der Waals surface area contributed by atoms with Crippen LogP contribution in [0.4, 0.5) is 0 Å². The lowest BCUT2D eigenvalue weighted by molar-refractivity contribution is -0.108. The molecule has 94 valence electrons. The van der Waals surface area contributed by atoms with Gasteiger partial charge in [-0.2, -0.15) is 0 Å². The van der Waals surface area contributed by atoms with E-state index in [1.165, 1.54) is 0 Å². The zero-order valence-corrected chi connectivity index (χ0v) is 10.4. The van der Waals surface area contributed by atoms with Gasteiger partial charge in [-0.05, 0) is 18.4 Å². The molecule has 0 aliphatic rings. The SMILES string of the molecule is O=CCC(O)P(=O)(O)CCCc1ccccc1. The van der Waals surface area contributed by atoms with E-state index in [4.69, 9.17) is 0 Å². The van der Waals surface area contributed by atoms with Crippen LogP contribution >= 0.6 is 7.37 Å². The first-order chi connectivity index (χ1) is 8.06. The third-order valence-electron chi connectivity index (χ3n) is 2.56.